The minimum atomic E-state index is -3.72. The summed E-state index contributed by atoms with van der Waals surface area (Å²) in [5.74, 6) is -0.167. The topological polar surface area (TPSA) is 37.4 Å². The summed E-state index contributed by atoms with van der Waals surface area (Å²) in [5, 5.41) is 0. The lowest BCUT2D eigenvalue weighted by Crippen LogP contribution is -2.27. The molecule has 0 aliphatic heterocycles. The largest absolute Gasteiger partial charge is 0.269 e. The Morgan fingerprint density at radius 2 is 1.76 bits per heavy atom. The zero-order valence-electron chi connectivity index (χ0n) is 11.7. The van der Waals surface area contributed by atoms with Gasteiger partial charge in [-0.3, -0.25) is 4.31 Å². The molecule has 21 heavy (non-hydrogen) atoms. The number of hydrogen-bond acceptors (Lipinski definition) is 2. The molecule has 0 amide bonds. The van der Waals surface area contributed by atoms with Crippen LogP contribution in [0.1, 0.15) is 11.1 Å². The summed E-state index contributed by atoms with van der Waals surface area (Å²) in [4.78, 5) is 0.201. The Labute approximate surface area is 129 Å². The van der Waals surface area contributed by atoms with Crippen molar-refractivity contribution >= 4 is 27.3 Å². The van der Waals surface area contributed by atoms with E-state index < -0.39 is 15.8 Å². The third-order valence-electron chi connectivity index (χ3n) is 3.37. The average molecular weight is 328 g/mol. The highest BCUT2D eigenvalue weighted by atomic mass is 35.5. The molecule has 0 radical (unpaired) electrons. The normalized spacial score (nSPS) is 11.4. The van der Waals surface area contributed by atoms with Gasteiger partial charge in [-0.2, -0.15) is 0 Å². The standard InChI is InChI=1S/C15H15ClFNO2S/c1-11-12(10-16)4-3-5-15(11)21(19,20)18(2)14-8-6-13(17)7-9-14/h3-9H,10H2,1-2H3. The van der Waals surface area contributed by atoms with Crippen LogP contribution < -0.4 is 4.31 Å². The van der Waals surface area contributed by atoms with Gasteiger partial charge in [0.15, 0.2) is 0 Å². The molecule has 0 heterocycles. The molecular formula is C15H15ClFNO2S. The molecule has 112 valence electrons. The van der Waals surface area contributed by atoms with Crippen LogP contribution in [-0.2, 0) is 15.9 Å². The molecule has 2 rings (SSSR count). The molecule has 3 nitrogen and oxygen atoms in total. The number of alkyl halides is 1. The first-order valence-electron chi connectivity index (χ1n) is 6.27. The van der Waals surface area contributed by atoms with Gasteiger partial charge in [0.25, 0.3) is 10.0 Å². The van der Waals surface area contributed by atoms with Crippen LogP contribution in [0.3, 0.4) is 0 Å². The van der Waals surface area contributed by atoms with E-state index in [0.29, 0.717) is 11.3 Å². The summed E-state index contributed by atoms with van der Waals surface area (Å²) in [6.07, 6.45) is 0. The maximum atomic E-state index is 12.9. The molecule has 0 saturated carbocycles. The van der Waals surface area contributed by atoms with Crippen LogP contribution >= 0.6 is 11.6 Å². The number of benzene rings is 2. The van der Waals surface area contributed by atoms with E-state index in [1.807, 2.05) is 0 Å². The maximum Gasteiger partial charge on any atom is 0.264 e. The van der Waals surface area contributed by atoms with Gasteiger partial charge in [0.1, 0.15) is 5.82 Å². The Morgan fingerprint density at radius 1 is 1.14 bits per heavy atom. The van der Waals surface area contributed by atoms with Crippen molar-refractivity contribution in [3.8, 4) is 0 Å². The first-order valence-corrected chi connectivity index (χ1v) is 8.24. The Morgan fingerprint density at radius 3 is 2.33 bits per heavy atom. The highest BCUT2D eigenvalue weighted by molar-refractivity contribution is 7.92. The molecule has 6 heteroatoms. The summed E-state index contributed by atoms with van der Waals surface area (Å²) < 4.78 is 39.5. The molecule has 0 aliphatic carbocycles. The van der Waals surface area contributed by atoms with Crippen LogP contribution in [0.5, 0.6) is 0 Å². The number of nitrogens with zero attached hydrogens (tertiary/aromatic N) is 1. The third kappa shape index (κ3) is 3.04. The van der Waals surface area contributed by atoms with Gasteiger partial charge in [-0.25, -0.2) is 12.8 Å². The molecule has 2 aromatic rings. The predicted molar refractivity (Wildman–Crippen MR) is 82.7 cm³/mol. The van der Waals surface area contributed by atoms with Crippen molar-refractivity contribution in [3.63, 3.8) is 0 Å². The van der Waals surface area contributed by atoms with E-state index in [4.69, 9.17) is 11.6 Å². The lowest BCUT2D eigenvalue weighted by atomic mass is 10.1. The van der Waals surface area contributed by atoms with Gasteiger partial charge >= 0.3 is 0 Å². The van der Waals surface area contributed by atoms with Gasteiger partial charge in [0.05, 0.1) is 10.6 Å². The maximum absolute atomic E-state index is 12.9. The van der Waals surface area contributed by atoms with Crippen molar-refractivity contribution < 1.29 is 12.8 Å². The molecule has 0 N–H and O–H groups in total. The van der Waals surface area contributed by atoms with Gasteiger partial charge in [-0.1, -0.05) is 12.1 Å². The fraction of sp³-hybridized carbons (Fsp3) is 0.200. The molecular weight excluding hydrogens is 313 g/mol. The van der Waals surface area contributed by atoms with Crippen LogP contribution in [-0.4, -0.2) is 15.5 Å². The Balaban J connectivity index is 2.49. The Kier molecular flexibility index (Phi) is 4.54. The van der Waals surface area contributed by atoms with E-state index in [-0.39, 0.29) is 10.8 Å². The molecule has 0 atom stereocenters. The quantitative estimate of drug-likeness (QED) is 0.803. The zero-order valence-corrected chi connectivity index (χ0v) is 13.2. The summed E-state index contributed by atoms with van der Waals surface area (Å²) in [7, 11) is -2.28. The number of rotatable bonds is 4. The third-order valence-corrected chi connectivity index (χ3v) is 5.59. The molecule has 0 aromatic heterocycles. The summed E-state index contributed by atoms with van der Waals surface area (Å²) >= 11 is 5.82. The summed E-state index contributed by atoms with van der Waals surface area (Å²) in [5.41, 5.74) is 1.79. The number of anilines is 1. The molecule has 0 fully saturated rings. The van der Waals surface area contributed by atoms with Gasteiger partial charge in [-0.15, -0.1) is 11.6 Å². The monoisotopic (exact) mass is 327 g/mol. The second-order valence-corrected chi connectivity index (χ2v) is 6.83. The van der Waals surface area contributed by atoms with E-state index in [2.05, 4.69) is 0 Å². The second kappa shape index (κ2) is 6.03. The Hall–Kier alpha value is -1.59. The first-order chi connectivity index (χ1) is 9.87. The molecule has 0 bridgehead atoms. The van der Waals surface area contributed by atoms with Crippen molar-refractivity contribution in [1.29, 1.82) is 0 Å². The molecule has 0 spiro atoms. The van der Waals surface area contributed by atoms with Crippen molar-refractivity contribution in [1.82, 2.24) is 0 Å². The van der Waals surface area contributed by atoms with Crippen LogP contribution in [0.15, 0.2) is 47.4 Å². The summed E-state index contributed by atoms with van der Waals surface area (Å²) in [6.45, 7) is 1.73. The summed E-state index contributed by atoms with van der Waals surface area (Å²) in [6, 6.07) is 10.3. The first kappa shape index (κ1) is 15.8. The lowest BCUT2D eigenvalue weighted by Gasteiger charge is -2.21. The lowest BCUT2D eigenvalue weighted by molar-refractivity contribution is 0.593. The fourth-order valence-corrected chi connectivity index (χ4v) is 3.77. The molecule has 0 unspecified atom stereocenters. The van der Waals surface area contributed by atoms with Crippen molar-refractivity contribution in [3.05, 3.63) is 59.4 Å². The van der Waals surface area contributed by atoms with E-state index >= 15 is 0 Å². The van der Waals surface area contributed by atoms with Gasteiger partial charge in [0, 0.05) is 12.9 Å². The fourth-order valence-electron chi connectivity index (χ4n) is 2.02. The highest BCUT2D eigenvalue weighted by Crippen LogP contribution is 2.26. The van der Waals surface area contributed by atoms with E-state index in [1.54, 1.807) is 25.1 Å². The average Bonchev–Trinajstić information content (AvgIpc) is 2.47. The molecule has 0 saturated heterocycles. The van der Waals surface area contributed by atoms with Gasteiger partial charge in [-0.05, 0) is 48.4 Å². The van der Waals surface area contributed by atoms with Gasteiger partial charge in [0.2, 0.25) is 0 Å². The number of halogens is 2. The minimum Gasteiger partial charge on any atom is -0.269 e. The van der Waals surface area contributed by atoms with E-state index in [1.165, 1.54) is 31.3 Å². The number of sulfonamides is 1. The van der Waals surface area contributed by atoms with Crippen LogP contribution in [0, 0.1) is 12.7 Å². The molecule has 2 aromatic carbocycles. The Bertz CT molecular complexity index is 745. The van der Waals surface area contributed by atoms with Crippen molar-refractivity contribution in [2.75, 3.05) is 11.4 Å². The minimum absolute atomic E-state index is 0.201. The smallest absolute Gasteiger partial charge is 0.264 e. The van der Waals surface area contributed by atoms with E-state index in [0.717, 1.165) is 9.87 Å². The SMILES string of the molecule is Cc1c(CCl)cccc1S(=O)(=O)N(C)c1ccc(F)cc1. The van der Waals surface area contributed by atoms with Gasteiger partial charge < -0.3 is 0 Å². The van der Waals surface area contributed by atoms with Crippen LogP contribution in [0.2, 0.25) is 0 Å². The van der Waals surface area contributed by atoms with Crippen LogP contribution in [0.4, 0.5) is 10.1 Å². The second-order valence-electron chi connectivity index (χ2n) is 4.62. The van der Waals surface area contributed by atoms with E-state index in [9.17, 15) is 12.8 Å². The highest BCUT2D eigenvalue weighted by Gasteiger charge is 2.24. The predicted octanol–water partition coefficient (Wildman–Crippen LogP) is 3.70. The molecule has 0 aliphatic rings. The van der Waals surface area contributed by atoms with Crippen molar-refractivity contribution in [2.45, 2.75) is 17.7 Å². The van der Waals surface area contributed by atoms with Crippen LogP contribution in [0.25, 0.3) is 0 Å². The zero-order chi connectivity index (χ0) is 15.6. The van der Waals surface area contributed by atoms with Crippen molar-refractivity contribution in [2.24, 2.45) is 0 Å². The number of hydrogen-bond donors (Lipinski definition) is 0.